The Morgan fingerprint density at radius 2 is 2.00 bits per heavy atom. The summed E-state index contributed by atoms with van der Waals surface area (Å²) in [5, 5.41) is 6.30. The Kier molecular flexibility index (Phi) is 5.21. The molecule has 21 heavy (non-hydrogen) atoms. The van der Waals surface area contributed by atoms with Crippen molar-refractivity contribution in [1.82, 2.24) is 10.3 Å². The van der Waals surface area contributed by atoms with E-state index in [1.54, 1.807) is 0 Å². The molecule has 1 saturated carbocycles. The van der Waals surface area contributed by atoms with Gasteiger partial charge in [0.05, 0.1) is 0 Å². The third-order valence-corrected chi connectivity index (χ3v) is 4.61. The van der Waals surface area contributed by atoms with Crippen LogP contribution in [0, 0.1) is 12.3 Å². The number of rotatable bonds is 6. The Hall–Kier alpha value is -1.58. The van der Waals surface area contributed by atoms with Gasteiger partial charge >= 0.3 is 0 Å². The summed E-state index contributed by atoms with van der Waals surface area (Å²) < 4.78 is 0. The summed E-state index contributed by atoms with van der Waals surface area (Å²) in [5.74, 6) is 0.785. The molecule has 116 valence electrons. The SMILES string of the molecule is CCNc1cc(C(=O)NCC2(CC)CCCC2)cc(C)n1. The zero-order chi connectivity index (χ0) is 15.3. The standard InChI is InChI=1S/C17H27N3O/c1-4-17(8-6-7-9-17)12-19-16(21)14-10-13(3)20-15(11-14)18-5-2/h10-11H,4-9,12H2,1-3H3,(H,18,20)(H,19,21). The molecule has 0 saturated heterocycles. The van der Waals surface area contributed by atoms with E-state index in [2.05, 4.69) is 22.5 Å². The van der Waals surface area contributed by atoms with Crippen molar-refractivity contribution in [1.29, 1.82) is 0 Å². The van der Waals surface area contributed by atoms with Crippen molar-refractivity contribution < 1.29 is 4.79 Å². The van der Waals surface area contributed by atoms with Crippen LogP contribution in [0.5, 0.6) is 0 Å². The second-order valence-electron chi connectivity index (χ2n) is 6.16. The summed E-state index contributed by atoms with van der Waals surface area (Å²) >= 11 is 0. The minimum Gasteiger partial charge on any atom is -0.370 e. The number of pyridine rings is 1. The zero-order valence-corrected chi connectivity index (χ0v) is 13.5. The molecule has 1 aromatic rings. The number of nitrogens with one attached hydrogen (secondary N) is 2. The summed E-state index contributed by atoms with van der Waals surface area (Å²) in [6.07, 6.45) is 6.21. The van der Waals surface area contributed by atoms with Gasteiger partial charge in [-0.15, -0.1) is 0 Å². The van der Waals surface area contributed by atoms with Crippen molar-refractivity contribution in [3.8, 4) is 0 Å². The highest BCUT2D eigenvalue weighted by molar-refractivity contribution is 5.95. The molecule has 1 fully saturated rings. The van der Waals surface area contributed by atoms with E-state index in [-0.39, 0.29) is 5.91 Å². The normalized spacial score (nSPS) is 16.7. The Balaban J connectivity index is 2.02. The topological polar surface area (TPSA) is 54.0 Å². The first-order valence-corrected chi connectivity index (χ1v) is 8.09. The molecule has 1 aliphatic carbocycles. The minimum absolute atomic E-state index is 0.0133. The van der Waals surface area contributed by atoms with Gasteiger partial charge in [-0.25, -0.2) is 4.98 Å². The molecule has 0 aliphatic heterocycles. The van der Waals surface area contributed by atoms with Gasteiger partial charge in [0, 0.05) is 24.3 Å². The molecule has 0 unspecified atom stereocenters. The number of carbonyl (C=O) groups excluding carboxylic acids is 1. The summed E-state index contributed by atoms with van der Waals surface area (Å²) in [7, 11) is 0. The second kappa shape index (κ2) is 6.92. The maximum absolute atomic E-state index is 12.4. The summed E-state index contributed by atoms with van der Waals surface area (Å²) in [5.41, 5.74) is 1.88. The number of nitrogens with zero attached hydrogens (tertiary/aromatic N) is 1. The van der Waals surface area contributed by atoms with Gasteiger partial charge in [0.15, 0.2) is 0 Å². The second-order valence-corrected chi connectivity index (χ2v) is 6.16. The van der Waals surface area contributed by atoms with Gasteiger partial charge in [-0.05, 0) is 50.7 Å². The summed E-state index contributed by atoms with van der Waals surface area (Å²) in [6.45, 7) is 7.77. The van der Waals surface area contributed by atoms with Gasteiger partial charge in [-0.1, -0.05) is 19.8 Å². The van der Waals surface area contributed by atoms with E-state index < -0.39 is 0 Å². The van der Waals surface area contributed by atoms with E-state index in [4.69, 9.17) is 0 Å². The lowest BCUT2D eigenvalue weighted by Crippen LogP contribution is -2.35. The highest BCUT2D eigenvalue weighted by atomic mass is 16.1. The van der Waals surface area contributed by atoms with E-state index in [1.807, 2.05) is 26.0 Å². The molecular weight excluding hydrogens is 262 g/mol. The van der Waals surface area contributed by atoms with E-state index >= 15 is 0 Å². The van der Waals surface area contributed by atoms with Gasteiger partial charge in [0.1, 0.15) is 5.82 Å². The number of aromatic nitrogens is 1. The first-order valence-electron chi connectivity index (χ1n) is 8.09. The van der Waals surface area contributed by atoms with E-state index in [9.17, 15) is 4.79 Å². The van der Waals surface area contributed by atoms with Gasteiger partial charge in [0.2, 0.25) is 0 Å². The van der Waals surface area contributed by atoms with Crippen molar-refractivity contribution in [3.05, 3.63) is 23.4 Å². The number of aryl methyl sites for hydroxylation is 1. The van der Waals surface area contributed by atoms with Crippen LogP contribution in [0.3, 0.4) is 0 Å². The molecule has 1 amide bonds. The van der Waals surface area contributed by atoms with Crippen LogP contribution >= 0.6 is 0 Å². The Morgan fingerprint density at radius 3 is 2.62 bits per heavy atom. The molecule has 0 aromatic carbocycles. The van der Waals surface area contributed by atoms with Crippen molar-refractivity contribution in [2.75, 3.05) is 18.4 Å². The van der Waals surface area contributed by atoms with Crippen molar-refractivity contribution >= 4 is 11.7 Å². The van der Waals surface area contributed by atoms with Crippen molar-refractivity contribution in [3.63, 3.8) is 0 Å². The van der Waals surface area contributed by atoms with Crippen LogP contribution in [0.1, 0.15) is 62.0 Å². The average Bonchev–Trinajstić information content (AvgIpc) is 2.94. The molecule has 0 radical (unpaired) electrons. The van der Waals surface area contributed by atoms with Crippen LogP contribution in [0.15, 0.2) is 12.1 Å². The first kappa shape index (κ1) is 15.8. The van der Waals surface area contributed by atoms with E-state index in [0.717, 1.165) is 31.0 Å². The number of anilines is 1. The number of amides is 1. The largest absolute Gasteiger partial charge is 0.370 e. The lowest BCUT2D eigenvalue weighted by Gasteiger charge is -2.27. The molecule has 1 aromatic heterocycles. The number of hydrogen-bond acceptors (Lipinski definition) is 3. The van der Waals surface area contributed by atoms with Crippen LogP contribution in [-0.4, -0.2) is 24.0 Å². The lowest BCUT2D eigenvalue weighted by atomic mass is 9.83. The Morgan fingerprint density at radius 1 is 1.29 bits per heavy atom. The highest BCUT2D eigenvalue weighted by Gasteiger charge is 2.32. The predicted molar refractivity (Wildman–Crippen MR) is 86.7 cm³/mol. The summed E-state index contributed by atoms with van der Waals surface area (Å²) in [4.78, 5) is 16.8. The van der Waals surface area contributed by atoms with Gasteiger partial charge in [-0.2, -0.15) is 0 Å². The summed E-state index contributed by atoms with van der Waals surface area (Å²) in [6, 6.07) is 3.68. The molecule has 2 N–H and O–H groups in total. The quantitative estimate of drug-likeness (QED) is 0.842. The molecule has 0 bridgehead atoms. The minimum atomic E-state index is 0.0133. The van der Waals surface area contributed by atoms with E-state index in [1.165, 1.54) is 25.7 Å². The monoisotopic (exact) mass is 289 g/mol. The molecule has 4 heteroatoms. The Labute approximate surface area is 127 Å². The fraction of sp³-hybridized carbons (Fsp3) is 0.647. The average molecular weight is 289 g/mol. The van der Waals surface area contributed by atoms with Crippen LogP contribution in [0.25, 0.3) is 0 Å². The fourth-order valence-electron chi connectivity index (χ4n) is 3.22. The van der Waals surface area contributed by atoms with Crippen molar-refractivity contribution in [2.24, 2.45) is 5.41 Å². The molecule has 1 heterocycles. The molecule has 0 atom stereocenters. The third kappa shape index (κ3) is 3.96. The van der Waals surface area contributed by atoms with E-state index in [0.29, 0.717) is 11.0 Å². The Bertz CT molecular complexity index is 493. The van der Waals surface area contributed by atoms with Crippen molar-refractivity contribution in [2.45, 2.75) is 52.9 Å². The smallest absolute Gasteiger partial charge is 0.251 e. The van der Waals surface area contributed by atoms with Gasteiger partial charge in [-0.3, -0.25) is 4.79 Å². The maximum atomic E-state index is 12.4. The fourth-order valence-corrected chi connectivity index (χ4v) is 3.22. The van der Waals surface area contributed by atoms with Crippen LogP contribution in [-0.2, 0) is 0 Å². The molecule has 0 spiro atoms. The highest BCUT2D eigenvalue weighted by Crippen LogP contribution is 2.40. The van der Waals surface area contributed by atoms with Gasteiger partial charge in [0.25, 0.3) is 5.91 Å². The zero-order valence-electron chi connectivity index (χ0n) is 13.5. The lowest BCUT2D eigenvalue weighted by molar-refractivity contribution is 0.0928. The predicted octanol–water partition coefficient (Wildman–Crippen LogP) is 3.52. The maximum Gasteiger partial charge on any atom is 0.251 e. The first-order chi connectivity index (χ1) is 10.1. The number of hydrogen-bond donors (Lipinski definition) is 2. The van der Waals surface area contributed by atoms with Crippen LogP contribution < -0.4 is 10.6 Å². The molecule has 1 aliphatic rings. The number of carbonyl (C=O) groups is 1. The third-order valence-electron chi connectivity index (χ3n) is 4.61. The van der Waals surface area contributed by atoms with Gasteiger partial charge < -0.3 is 10.6 Å². The molecule has 2 rings (SSSR count). The molecular formula is C17H27N3O. The van der Waals surface area contributed by atoms with Crippen LogP contribution in [0.4, 0.5) is 5.82 Å². The van der Waals surface area contributed by atoms with Crippen LogP contribution in [0.2, 0.25) is 0 Å². The molecule has 4 nitrogen and oxygen atoms in total.